The van der Waals surface area contributed by atoms with Gasteiger partial charge in [-0.05, 0) is 63.5 Å². The van der Waals surface area contributed by atoms with Gasteiger partial charge in [0.2, 0.25) is 0 Å². The van der Waals surface area contributed by atoms with Gasteiger partial charge >= 0.3 is 0 Å². The summed E-state index contributed by atoms with van der Waals surface area (Å²) in [5.41, 5.74) is 2.10. The van der Waals surface area contributed by atoms with Crippen molar-refractivity contribution in [3.63, 3.8) is 0 Å². The zero-order chi connectivity index (χ0) is 24.7. The second kappa shape index (κ2) is 9.51. The lowest BCUT2D eigenvalue weighted by molar-refractivity contribution is 0.144. The molecule has 0 aliphatic carbocycles. The van der Waals surface area contributed by atoms with Crippen LogP contribution in [0.3, 0.4) is 0 Å². The predicted octanol–water partition coefficient (Wildman–Crippen LogP) is 5.70. The van der Waals surface area contributed by atoms with E-state index in [2.05, 4.69) is 27.0 Å². The molecule has 1 saturated heterocycles. The lowest BCUT2D eigenvalue weighted by Crippen LogP contribution is -2.35. The van der Waals surface area contributed by atoms with Crippen molar-refractivity contribution in [3.05, 3.63) is 40.8 Å². The van der Waals surface area contributed by atoms with Gasteiger partial charge < -0.3 is 19.5 Å². The summed E-state index contributed by atoms with van der Waals surface area (Å²) in [6.07, 6.45) is 2.10. The maximum Gasteiger partial charge on any atom is 0.169 e. The van der Waals surface area contributed by atoms with E-state index in [0.29, 0.717) is 57.4 Å². The number of hydrogen-bond donors (Lipinski definition) is 2. The monoisotopic (exact) mass is 498 g/mol. The molecule has 35 heavy (non-hydrogen) atoms. The van der Waals surface area contributed by atoms with E-state index in [1.807, 2.05) is 6.92 Å². The highest BCUT2D eigenvalue weighted by Gasteiger charge is 2.25. The predicted molar refractivity (Wildman–Crippen MR) is 135 cm³/mol. The van der Waals surface area contributed by atoms with E-state index in [1.54, 1.807) is 19.2 Å². The van der Waals surface area contributed by atoms with Gasteiger partial charge in [0.05, 0.1) is 35.5 Å². The van der Waals surface area contributed by atoms with Crippen LogP contribution in [0.25, 0.3) is 33.1 Å². The fourth-order valence-electron chi connectivity index (χ4n) is 4.90. The van der Waals surface area contributed by atoms with Crippen molar-refractivity contribution >= 4 is 33.4 Å². The van der Waals surface area contributed by atoms with Crippen LogP contribution in [0.15, 0.2) is 24.3 Å². The number of H-pyrrole nitrogens is 1. The van der Waals surface area contributed by atoms with Gasteiger partial charge in [0.25, 0.3) is 0 Å². The van der Waals surface area contributed by atoms with Crippen molar-refractivity contribution in [2.45, 2.75) is 26.7 Å². The summed E-state index contributed by atoms with van der Waals surface area (Å²) in [5.74, 6) is 0.667. The molecule has 2 N–H and O–H groups in total. The maximum atomic E-state index is 15.8. The van der Waals surface area contributed by atoms with Gasteiger partial charge in [-0.2, -0.15) is 5.10 Å². The topological polar surface area (TPSA) is 83.5 Å². The van der Waals surface area contributed by atoms with Crippen molar-refractivity contribution in [2.24, 2.45) is 5.92 Å². The van der Waals surface area contributed by atoms with Crippen LogP contribution in [0, 0.1) is 18.7 Å². The summed E-state index contributed by atoms with van der Waals surface area (Å²) in [6.45, 7) is 7.66. The van der Waals surface area contributed by atoms with Crippen molar-refractivity contribution in [1.82, 2.24) is 20.1 Å². The molecular formula is C26H28ClFN4O3. The largest absolute Gasteiger partial charge is 0.506 e. The molecule has 3 heterocycles. The van der Waals surface area contributed by atoms with Crippen LogP contribution < -0.4 is 9.47 Å². The van der Waals surface area contributed by atoms with Gasteiger partial charge in [-0.25, -0.2) is 9.37 Å². The lowest BCUT2D eigenvalue weighted by atomic mass is 9.97. The second-order valence-electron chi connectivity index (χ2n) is 8.99. The number of phenolic OH excluding ortho intramolecular Hbond substituents is 1. The number of phenols is 1. The number of nitrogens with one attached hydrogen (secondary N) is 1. The van der Waals surface area contributed by atoms with Crippen LogP contribution in [0.2, 0.25) is 5.02 Å². The first-order valence-corrected chi connectivity index (χ1v) is 12.2. The van der Waals surface area contributed by atoms with Gasteiger partial charge in [-0.3, -0.25) is 5.10 Å². The molecule has 9 heteroatoms. The summed E-state index contributed by atoms with van der Waals surface area (Å²) < 4.78 is 27.8. The highest BCUT2D eigenvalue weighted by Crippen LogP contribution is 2.45. The Morgan fingerprint density at radius 1 is 1.20 bits per heavy atom. The van der Waals surface area contributed by atoms with Crippen molar-refractivity contribution in [1.29, 1.82) is 0 Å². The Labute approximate surface area is 207 Å². The number of aromatic nitrogens is 3. The van der Waals surface area contributed by atoms with Gasteiger partial charge in [0.1, 0.15) is 11.6 Å². The zero-order valence-corrected chi connectivity index (χ0v) is 20.7. The Bertz CT molecular complexity index is 1400. The number of aromatic amines is 1. The average molecular weight is 499 g/mol. The molecule has 0 saturated carbocycles. The molecule has 0 unspecified atom stereocenters. The van der Waals surface area contributed by atoms with Gasteiger partial charge in [-0.15, -0.1) is 0 Å². The van der Waals surface area contributed by atoms with Crippen LogP contribution in [-0.4, -0.2) is 58.5 Å². The number of pyridine rings is 1. The number of piperidine rings is 1. The van der Waals surface area contributed by atoms with Crippen LogP contribution in [0.1, 0.15) is 25.5 Å². The van der Waals surface area contributed by atoms with Crippen molar-refractivity contribution < 1.29 is 19.0 Å². The van der Waals surface area contributed by atoms with Crippen LogP contribution in [0.5, 0.6) is 17.2 Å². The van der Waals surface area contributed by atoms with Crippen LogP contribution in [-0.2, 0) is 0 Å². The Hall–Kier alpha value is -3.10. The van der Waals surface area contributed by atoms with Crippen LogP contribution in [0.4, 0.5) is 4.39 Å². The highest BCUT2D eigenvalue weighted by molar-refractivity contribution is 6.32. The number of fused-ring (bicyclic) bond motifs is 3. The lowest BCUT2D eigenvalue weighted by Gasteiger charge is -2.31. The third kappa shape index (κ3) is 4.25. The minimum Gasteiger partial charge on any atom is -0.506 e. The molecule has 2 aromatic heterocycles. The molecule has 0 bridgehead atoms. The standard InChI is InChI=1S/C26H28ClFN4O3/c1-4-32-9-7-15(8-10-32)13-35-20-12-18(28)22-23(25(20)34-3)21-14(2)30-31-26(21)29-24(22)16-5-6-19(33)17(27)11-16/h5-6,11-12,15,33H,4,7-10,13H2,1-3H3,(H,29,30,31). The summed E-state index contributed by atoms with van der Waals surface area (Å²) >= 11 is 6.15. The minimum absolute atomic E-state index is 0.0586. The number of ether oxygens (including phenoxy) is 2. The molecule has 1 fully saturated rings. The first-order chi connectivity index (χ1) is 16.9. The summed E-state index contributed by atoms with van der Waals surface area (Å²) in [7, 11) is 1.55. The second-order valence-corrected chi connectivity index (χ2v) is 9.39. The Morgan fingerprint density at radius 3 is 2.66 bits per heavy atom. The van der Waals surface area contributed by atoms with Gasteiger partial charge in [0, 0.05) is 22.4 Å². The van der Waals surface area contributed by atoms with E-state index in [0.717, 1.165) is 32.5 Å². The van der Waals surface area contributed by atoms with E-state index in [-0.39, 0.29) is 16.2 Å². The molecule has 0 spiro atoms. The number of halogens is 2. The number of benzene rings is 2. The average Bonchev–Trinajstić information content (AvgIpc) is 3.24. The maximum absolute atomic E-state index is 15.8. The number of rotatable bonds is 6. The molecule has 0 atom stereocenters. The van der Waals surface area contributed by atoms with E-state index in [4.69, 9.17) is 21.1 Å². The smallest absolute Gasteiger partial charge is 0.169 e. The molecule has 0 radical (unpaired) electrons. The minimum atomic E-state index is -0.481. The SMILES string of the molecule is CCN1CCC(COc2cc(F)c3c(-c4ccc(O)c(Cl)c4)nc4[nH]nc(C)c4c3c2OC)CC1. The third-order valence-corrected chi connectivity index (χ3v) is 7.19. The van der Waals surface area contributed by atoms with Gasteiger partial charge in [-0.1, -0.05) is 18.5 Å². The van der Waals surface area contributed by atoms with Gasteiger partial charge in [0.15, 0.2) is 17.1 Å². The number of hydrogen-bond acceptors (Lipinski definition) is 6. The molecule has 184 valence electrons. The van der Waals surface area contributed by atoms with Crippen molar-refractivity contribution in [2.75, 3.05) is 33.4 Å². The Balaban J connectivity index is 1.64. The molecule has 2 aromatic carbocycles. The van der Waals surface area contributed by atoms with Crippen LogP contribution >= 0.6 is 11.6 Å². The van der Waals surface area contributed by atoms with E-state index < -0.39 is 5.82 Å². The fourth-order valence-corrected chi connectivity index (χ4v) is 5.08. The fraction of sp³-hybridized carbons (Fsp3) is 0.385. The number of nitrogens with zero attached hydrogens (tertiary/aromatic N) is 3. The van der Waals surface area contributed by atoms with E-state index >= 15 is 4.39 Å². The van der Waals surface area contributed by atoms with E-state index in [9.17, 15) is 5.11 Å². The molecule has 5 rings (SSSR count). The zero-order valence-electron chi connectivity index (χ0n) is 20.0. The summed E-state index contributed by atoms with van der Waals surface area (Å²) in [5, 5.41) is 18.7. The molecule has 0 amide bonds. The third-order valence-electron chi connectivity index (χ3n) is 6.89. The molecule has 7 nitrogen and oxygen atoms in total. The molecule has 1 aliphatic heterocycles. The normalized spacial score (nSPS) is 15.2. The van der Waals surface area contributed by atoms with E-state index in [1.165, 1.54) is 12.1 Å². The number of aromatic hydroxyl groups is 1. The number of methoxy groups -OCH3 is 1. The molecular weight excluding hydrogens is 471 g/mol. The molecule has 1 aliphatic rings. The quantitative estimate of drug-likeness (QED) is 0.354. The first kappa shape index (κ1) is 23.6. The number of likely N-dealkylation sites (tertiary alicyclic amines) is 1. The Morgan fingerprint density at radius 2 is 1.97 bits per heavy atom. The summed E-state index contributed by atoms with van der Waals surface area (Å²) in [4.78, 5) is 7.09. The Kier molecular flexibility index (Phi) is 6.42. The van der Waals surface area contributed by atoms with Crippen molar-refractivity contribution in [3.8, 4) is 28.5 Å². The highest BCUT2D eigenvalue weighted by atomic mass is 35.5. The summed E-state index contributed by atoms with van der Waals surface area (Å²) in [6, 6.07) is 6.05. The molecule has 4 aromatic rings. The number of aryl methyl sites for hydroxylation is 1. The first-order valence-electron chi connectivity index (χ1n) is 11.8.